The van der Waals surface area contributed by atoms with Gasteiger partial charge in [0.2, 0.25) is 0 Å². The molecule has 1 amide bonds. The zero-order valence-electron chi connectivity index (χ0n) is 15.0. The van der Waals surface area contributed by atoms with E-state index < -0.39 is 28.6 Å². The first kappa shape index (κ1) is 19.6. The molecule has 1 aromatic rings. The maximum absolute atomic E-state index is 13.4. The van der Waals surface area contributed by atoms with Crippen LogP contribution in [0.5, 0.6) is 5.75 Å². The molecule has 0 atom stereocenters. The highest BCUT2D eigenvalue weighted by atomic mass is 35.5. The minimum absolute atomic E-state index is 0.0290. The highest BCUT2D eigenvalue weighted by molar-refractivity contribution is 6.30. The number of hydrogen-bond donors (Lipinski definition) is 1. The highest BCUT2D eigenvalue weighted by Gasteiger charge is 2.59. The number of carbonyl (C=O) groups excluding carboxylic acids is 3. The molecule has 2 bridgehead atoms. The summed E-state index contributed by atoms with van der Waals surface area (Å²) >= 11 is 5.61. The van der Waals surface area contributed by atoms with Crippen LogP contribution in [0, 0.1) is 11.2 Å². The molecule has 3 aliphatic carbocycles. The van der Waals surface area contributed by atoms with Gasteiger partial charge >= 0.3 is 5.97 Å². The lowest BCUT2D eigenvalue weighted by atomic mass is 9.56. The van der Waals surface area contributed by atoms with E-state index in [0.29, 0.717) is 25.7 Å². The van der Waals surface area contributed by atoms with Crippen LogP contribution >= 0.6 is 11.6 Å². The summed E-state index contributed by atoms with van der Waals surface area (Å²) in [4.78, 5) is 37.1. The van der Waals surface area contributed by atoms with Crippen LogP contribution in [0.4, 0.5) is 4.39 Å². The predicted octanol–water partition coefficient (Wildman–Crippen LogP) is 2.81. The topological polar surface area (TPSA) is 81.7 Å². The number of amides is 1. The number of benzene rings is 1. The third kappa shape index (κ3) is 3.78. The average molecular weight is 398 g/mol. The summed E-state index contributed by atoms with van der Waals surface area (Å²) in [6.07, 6.45) is 1.90. The van der Waals surface area contributed by atoms with Crippen molar-refractivity contribution >= 4 is 29.3 Å². The fraction of sp³-hybridized carbons (Fsp3) is 0.526. The van der Waals surface area contributed by atoms with E-state index >= 15 is 0 Å². The first-order chi connectivity index (χ1) is 12.8. The molecule has 0 aliphatic heterocycles. The SMILES string of the molecule is CCOC(=O)C12CCC(NC(=O)COc3ccc(Cl)c(F)c3)(CC1)CC2=O. The van der Waals surface area contributed by atoms with Crippen LogP contribution in [0.15, 0.2) is 18.2 Å². The summed E-state index contributed by atoms with van der Waals surface area (Å²) in [7, 11) is 0. The lowest BCUT2D eigenvalue weighted by Gasteiger charge is -2.50. The Kier molecular flexibility index (Phi) is 5.42. The molecule has 6 nitrogen and oxygen atoms in total. The number of nitrogens with one attached hydrogen (secondary N) is 1. The van der Waals surface area contributed by atoms with Crippen LogP contribution in [0.1, 0.15) is 39.0 Å². The molecule has 0 saturated heterocycles. The molecule has 4 rings (SSSR count). The second-order valence-electron chi connectivity index (χ2n) is 7.10. The van der Waals surface area contributed by atoms with Gasteiger partial charge in [0.1, 0.15) is 17.0 Å². The molecule has 27 heavy (non-hydrogen) atoms. The summed E-state index contributed by atoms with van der Waals surface area (Å²) in [5.41, 5.74) is -1.71. The quantitative estimate of drug-likeness (QED) is 0.589. The minimum atomic E-state index is -1.06. The lowest BCUT2D eigenvalue weighted by Crippen LogP contribution is -2.63. The maximum atomic E-state index is 13.4. The number of fused-ring (bicyclic) bond motifs is 3. The van der Waals surface area contributed by atoms with E-state index in [-0.39, 0.29) is 36.2 Å². The van der Waals surface area contributed by atoms with E-state index in [9.17, 15) is 18.8 Å². The minimum Gasteiger partial charge on any atom is -0.484 e. The third-order valence-electron chi connectivity index (χ3n) is 5.43. The van der Waals surface area contributed by atoms with Gasteiger partial charge in [0.05, 0.1) is 11.6 Å². The molecule has 0 aromatic heterocycles. The predicted molar refractivity (Wildman–Crippen MR) is 94.9 cm³/mol. The number of Topliss-reactive ketones (excluding diaryl/α,β-unsaturated/α-hetero) is 1. The Hall–Kier alpha value is -2.15. The van der Waals surface area contributed by atoms with Crippen LogP contribution in [0.3, 0.4) is 0 Å². The number of rotatable bonds is 6. The van der Waals surface area contributed by atoms with Crippen LogP contribution in [-0.4, -0.2) is 36.4 Å². The van der Waals surface area contributed by atoms with Gasteiger partial charge in [-0.1, -0.05) is 11.6 Å². The normalized spacial score (nSPS) is 26.6. The van der Waals surface area contributed by atoms with Crippen molar-refractivity contribution in [3.63, 3.8) is 0 Å². The Balaban J connectivity index is 1.58. The molecular weight excluding hydrogens is 377 g/mol. The van der Waals surface area contributed by atoms with E-state index in [1.165, 1.54) is 12.1 Å². The third-order valence-corrected chi connectivity index (χ3v) is 5.73. The summed E-state index contributed by atoms with van der Waals surface area (Å²) in [5.74, 6) is -1.48. The first-order valence-electron chi connectivity index (χ1n) is 8.90. The zero-order valence-corrected chi connectivity index (χ0v) is 15.7. The molecule has 1 aromatic carbocycles. The number of esters is 1. The van der Waals surface area contributed by atoms with Gasteiger partial charge in [0.15, 0.2) is 12.4 Å². The van der Waals surface area contributed by atoms with Crippen LogP contribution in [0.25, 0.3) is 0 Å². The monoisotopic (exact) mass is 397 g/mol. The van der Waals surface area contributed by atoms with Crippen molar-refractivity contribution in [2.45, 2.75) is 44.6 Å². The van der Waals surface area contributed by atoms with Gasteiger partial charge < -0.3 is 14.8 Å². The van der Waals surface area contributed by atoms with Gasteiger partial charge in [-0.25, -0.2) is 4.39 Å². The van der Waals surface area contributed by atoms with Crippen LogP contribution in [0.2, 0.25) is 5.02 Å². The van der Waals surface area contributed by atoms with Gasteiger partial charge in [-0.2, -0.15) is 0 Å². The molecule has 3 fully saturated rings. The number of ether oxygens (including phenoxy) is 2. The van der Waals surface area contributed by atoms with E-state index in [4.69, 9.17) is 21.1 Å². The number of ketones is 1. The Labute approximate surface area is 161 Å². The van der Waals surface area contributed by atoms with Gasteiger partial charge in [-0.3, -0.25) is 14.4 Å². The van der Waals surface area contributed by atoms with E-state index in [2.05, 4.69) is 5.32 Å². The molecule has 3 saturated carbocycles. The second kappa shape index (κ2) is 7.46. The summed E-state index contributed by atoms with van der Waals surface area (Å²) in [6.45, 7) is 1.64. The van der Waals surface area contributed by atoms with Gasteiger partial charge in [0, 0.05) is 18.0 Å². The maximum Gasteiger partial charge on any atom is 0.319 e. The van der Waals surface area contributed by atoms with Crippen molar-refractivity contribution < 1.29 is 28.2 Å². The Morgan fingerprint density at radius 3 is 2.56 bits per heavy atom. The molecule has 1 N–H and O–H groups in total. The lowest BCUT2D eigenvalue weighted by molar-refractivity contribution is -0.169. The molecule has 0 spiro atoms. The Bertz CT molecular complexity index is 773. The van der Waals surface area contributed by atoms with Crippen molar-refractivity contribution in [2.24, 2.45) is 5.41 Å². The van der Waals surface area contributed by atoms with E-state index in [1.54, 1.807) is 6.92 Å². The van der Waals surface area contributed by atoms with Gasteiger partial charge in [0.25, 0.3) is 5.91 Å². The van der Waals surface area contributed by atoms with Crippen molar-refractivity contribution in [1.82, 2.24) is 5.32 Å². The largest absolute Gasteiger partial charge is 0.484 e. The first-order valence-corrected chi connectivity index (χ1v) is 9.27. The van der Waals surface area contributed by atoms with Crippen LogP contribution < -0.4 is 10.1 Å². The molecular formula is C19H21ClFNO5. The number of hydrogen-bond acceptors (Lipinski definition) is 5. The molecule has 0 heterocycles. The molecule has 0 unspecified atom stereocenters. The van der Waals surface area contributed by atoms with Gasteiger partial charge in [-0.05, 0) is 44.7 Å². The van der Waals surface area contributed by atoms with Gasteiger partial charge in [-0.15, -0.1) is 0 Å². The highest BCUT2D eigenvalue weighted by Crippen LogP contribution is 2.50. The zero-order chi connectivity index (χ0) is 19.7. The van der Waals surface area contributed by atoms with E-state index in [0.717, 1.165) is 6.07 Å². The standard InChI is InChI=1S/C19H21ClFNO5/c1-2-26-17(25)19-7-5-18(6-8-19,10-15(19)23)22-16(24)11-27-12-3-4-13(20)14(21)9-12/h3-4,9H,2,5-8,10-11H2,1H3,(H,22,24). The van der Waals surface area contributed by atoms with Crippen molar-refractivity contribution in [3.05, 3.63) is 29.0 Å². The molecule has 146 valence electrons. The summed E-state index contributed by atoms with van der Waals surface area (Å²) < 4.78 is 23.8. The summed E-state index contributed by atoms with van der Waals surface area (Å²) in [5, 5.41) is 2.85. The molecule has 3 aliphatic rings. The Morgan fingerprint density at radius 1 is 1.26 bits per heavy atom. The van der Waals surface area contributed by atoms with Crippen LogP contribution in [-0.2, 0) is 19.1 Å². The van der Waals surface area contributed by atoms with Crippen molar-refractivity contribution in [2.75, 3.05) is 13.2 Å². The number of carbonyl (C=O) groups is 3. The Morgan fingerprint density at radius 2 is 1.96 bits per heavy atom. The average Bonchev–Trinajstić information content (AvgIpc) is 2.63. The number of halogens is 2. The fourth-order valence-corrected chi connectivity index (χ4v) is 4.01. The summed E-state index contributed by atoms with van der Waals surface area (Å²) in [6, 6.07) is 3.92. The van der Waals surface area contributed by atoms with Crippen molar-refractivity contribution in [1.29, 1.82) is 0 Å². The molecule has 0 radical (unpaired) electrons. The smallest absolute Gasteiger partial charge is 0.319 e. The fourth-order valence-electron chi connectivity index (χ4n) is 3.89. The van der Waals surface area contributed by atoms with E-state index in [1.807, 2.05) is 0 Å². The second-order valence-corrected chi connectivity index (χ2v) is 7.50. The van der Waals surface area contributed by atoms with Crippen molar-refractivity contribution in [3.8, 4) is 5.75 Å². The molecule has 8 heteroatoms.